The van der Waals surface area contributed by atoms with Crippen molar-refractivity contribution < 1.29 is 4.79 Å². The zero-order valence-electron chi connectivity index (χ0n) is 15.2. The average molecular weight is 341 g/mol. The van der Waals surface area contributed by atoms with Crippen molar-refractivity contribution >= 4 is 5.91 Å². The fourth-order valence-electron chi connectivity index (χ4n) is 5.03. The maximum Gasteiger partial charge on any atom is 0.237 e. The van der Waals surface area contributed by atoms with Crippen LogP contribution in [-0.2, 0) is 16.6 Å². The fraction of sp³-hybridized carbons (Fsp3) is 0.667. The Morgan fingerprint density at radius 1 is 1.24 bits per heavy atom. The van der Waals surface area contributed by atoms with Gasteiger partial charge in [-0.1, -0.05) is 24.3 Å². The summed E-state index contributed by atoms with van der Waals surface area (Å²) in [4.78, 5) is 14.6. The molecule has 1 aromatic carbocycles. The third kappa shape index (κ3) is 3.61. The highest BCUT2D eigenvalue weighted by molar-refractivity contribution is 5.81. The molecular weight excluding hydrogens is 310 g/mol. The van der Waals surface area contributed by atoms with Crippen molar-refractivity contribution in [1.82, 2.24) is 15.5 Å². The molecule has 1 amide bonds. The van der Waals surface area contributed by atoms with Gasteiger partial charge in [0.15, 0.2) is 0 Å². The molecule has 0 saturated carbocycles. The molecule has 4 rings (SSSR count). The van der Waals surface area contributed by atoms with Gasteiger partial charge in [-0.25, -0.2) is 0 Å². The van der Waals surface area contributed by atoms with E-state index < -0.39 is 0 Å². The van der Waals surface area contributed by atoms with E-state index in [9.17, 15) is 4.79 Å². The lowest BCUT2D eigenvalue weighted by Gasteiger charge is -2.40. The highest BCUT2D eigenvalue weighted by Gasteiger charge is 2.40. The zero-order valence-corrected chi connectivity index (χ0v) is 15.2. The Balaban J connectivity index is 1.19. The summed E-state index contributed by atoms with van der Waals surface area (Å²) in [7, 11) is 0. The van der Waals surface area contributed by atoms with Crippen LogP contribution >= 0.6 is 0 Å². The fourth-order valence-corrected chi connectivity index (χ4v) is 5.03. The second-order valence-electron chi connectivity index (χ2n) is 8.07. The smallest absolute Gasteiger partial charge is 0.237 e. The summed E-state index contributed by atoms with van der Waals surface area (Å²) in [6.45, 7) is 5.30. The van der Waals surface area contributed by atoms with E-state index in [1.165, 1.54) is 38.8 Å². The van der Waals surface area contributed by atoms with Gasteiger partial charge in [0.05, 0.1) is 6.04 Å². The lowest BCUT2D eigenvalue weighted by molar-refractivity contribution is -0.122. The summed E-state index contributed by atoms with van der Waals surface area (Å²) in [6.07, 6.45) is 8.35. The van der Waals surface area contributed by atoms with Crippen LogP contribution in [0.1, 0.15) is 49.7 Å². The monoisotopic (exact) mass is 341 g/mol. The summed E-state index contributed by atoms with van der Waals surface area (Å²) >= 11 is 0. The summed E-state index contributed by atoms with van der Waals surface area (Å²) in [5, 5.41) is 6.36. The Kier molecular flexibility index (Phi) is 5.09. The molecular formula is C21H31N3O. The van der Waals surface area contributed by atoms with Crippen LogP contribution in [0.2, 0.25) is 0 Å². The number of aryl methyl sites for hydroxylation is 1. The number of nitrogens with one attached hydrogen (secondary N) is 2. The van der Waals surface area contributed by atoms with Crippen molar-refractivity contribution in [2.24, 2.45) is 0 Å². The Morgan fingerprint density at radius 3 is 2.88 bits per heavy atom. The number of likely N-dealkylation sites (tertiary alicyclic amines) is 1. The highest BCUT2D eigenvalue weighted by Crippen LogP contribution is 2.46. The van der Waals surface area contributed by atoms with E-state index in [0.29, 0.717) is 5.41 Å². The van der Waals surface area contributed by atoms with Crippen molar-refractivity contribution in [2.75, 3.05) is 32.7 Å². The number of piperidine rings is 1. The molecule has 2 fully saturated rings. The maximum absolute atomic E-state index is 12.0. The number of fused-ring (bicyclic) bond motifs is 2. The van der Waals surface area contributed by atoms with Crippen LogP contribution in [0.4, 0.5) is 0 Å². The van der Waals surface area contributed by atoms with Gasteiger partial charge < -0.3 is 15.5 Å². The van der Waals surface area contributed by atoms with Gasteiger partial charge in [-0.2, -0.15) is 0 Å². The molecule has 1 aromatic rings. The van der Waals surface area contributed by atoms with Crippen LogP contribution in [0.3, 0.4) is 0 Å². The predicted octanol–water partition coefficient (Wildman–Crippen LogP) is 2.22. The van der Waals surface area contributed by atoms with E-state index in [0.717, 1.165) is 38.9 Å². The first-order valence-corrected chi connectivity index (χ1v) is 10.1. The Labute approximate surface area is 151 Å². The van der Waals surface area contributed by atoms with Crippen LogP contribution in [0.15, 0.2) is 24.3 Å². The van der Waals surface area contributed by atoms with Gasteiger partial charge in [-0.15, -0.1) is 0 Å². The SMILES string of the molecule is O=C(NCCCN1CCC2(CCc3ccccc32)CC1)[C@@H]1CCCN1. The van der Waals surface area contributed by atoms with E-state index in [1.54, 1.807) is 11.1 Å². The molecule has 0 radical (unpaired) electrons. The molecule has 1 aliphatic carbocycles. The molecule has 0 bridgehead atoms. The Morgan fingerprint density at radius 2 is 2.08 bits per heavy atom. The summed E-state index contributed by atoms with van der Waals surface area (Å²) in [6, 6.07) is 9.13. The van der Waals surface area contributed by atoms with Crippen molar-refractivity contribution in [3.63, 3.8) is 0 Å². The van der Waals surface area contributed by atoms with Crippen molar-refractivity contribution in [3.8, 4) is 0 Å². The Hall–Kier alpha value is -1.39. The molecule has 0 unspecified atom stereocenters. The largest absolute Gasteiger partial charge is 0.355 e. The summed E-state index contributed by atoms with van der Waals surface area (Å²) in [5.74, 6) is 0.192. The minimum atomic E-state index is 0.0530. The minimum Gasteiger partial charge on any atom is -0.355 e. The Bertz CT molecular complexity index is 601. The van der Waals surface area contributed by atoms with Gasteiger partial charge in [-0.3, -0.25) is 4.79 Å². The molecule has 136 valence electrons. The summed E-state index contributed by atoms with van der Waals surface area (Å²) in [5.41, 5.74) is 3.67. The van der Waals surface area contributed by atoms with Gasteiger partial charge in [-0.05, 0) is 87.7 Å². The number of nitrogens with zero attached hydrogens (tertiary/aromatic N) is 1. The second-order valence-corrected chi connectivity index (χ2v) is 8.07. The second kappa shape index (κ2) is 7.46. The lowest BCUT2D eigenvalue weighted by atomic mass is 9.74. The summed E-state index contributed by atoms with van der Waals surface area (Å²) < 4.78 is 0. The van der Waals surface area contributed by atoms with Gasteiger partial charge in [0.1, 0.15) is 0 Å². The van der Waals surface area contributed by atoms with Gasteiger partial charge in [0.25, 0.3) is 0 Å². The topological polar surface area (TPSA) is 44.4 Å². The molecule has 2 heterocycles. The van der Waals surface area contributed by atoms with Gasteiger partial charge in [0.2, 0.25) is 5.91 Å². The number of benzene rings is 1. The highest BCUT2D eigenvalue weighted by atomic mass is 16.2. The molecule has 2 aliphatic heterocycles. The number of carbonyl (C=O) groups is 1. The molecule has 0 aromatic heterocycles. The van der Waals surface area contributed by atoms with E-state index >= 15 is 0 Å². The molecule has 2 N–H and O–H groups in total. The molecule has 2 saturated heterocycles. The van der Waals surface area contributed by atoms with E-state index in [1.807, 2.05) is 0 Å². The quantitative estimate of drug-likeness (QED) is 0.807. The molecule has 4 heteroatoms. The van der Waals surface area contributed by atoms with Crippen LogP contribution in [0, 0.1) is 0 Å². The predicted molar refractivity (Wildman–Crippen MR) is 101 cm³/mol. The number of rotatable bonds is 5. The van der Waals surface area contributed by atoms with Crippen LogP contribution in [0.5, 0.6) is 0 Å². The standard InChI is InChI=1S/C21H31N3O/c25-20(19-7-3-12-22-19)23-13-4-14-24-15-10-21(11-16-24)9-8-17-5-1-2-6-18(17)21/h1-2,5-6,19,22H,3-4,7-16H2,(H,23,25)/t19-/m0/s1. The van der Waals surface area contributed by atoms with Gasteiger partial charge >= 0.3 is 0 Å². The van der Waals surface area contributed by atoms with Crippen molar-refractivity contribution in [3.05, 3.63) is 35.4 Å². The third-order valence-corrected chi connectivity index (χ3v) is 6.60. The minimum absolute atomic E-state index is 0.0530. The number of carbonyl (C=O) groups excluding carboxylic acids is 1. The van der Waals surface area contributed by atoms with Gasteiger partial charge in [0, 0.05) is 6.54 Å². The van der Waals surface area contributed by atoms with Crippen molar-refractivity contribution in [1.29, 1.82) is 0 Å². The molecule has 3 aliphatic rings. The number of hydrogen-bond acceptors (Lipinski definition) is 3. The third-order valence-electron chi connectivity index (χ3n) is 6.60. The first-order chi connectivity index (χ1) is 12.3. The average Bonchev–Trinajstić information content (AvgIpc) is 3.30. The zero-order chi connectivity index (χ0) is 17.1. The number of hydrogen-bond donors (Lipinski definition) is 2. The lowest BCUT2D eigenvalue weighted by Crippen LogP contribution is -2.43. The first kappa shape index (κ1) is 17.0. The van der Waals surface area contributed by atoms with E-state index in [4.69, 9.17) is 0 Å². The van der Waals surface area contributed by atoms with Crippen LogP contribution in [-0.4, -0.2) is 49.6 Å². The number of amides is 1. The van der Waals surface area contributed by atoms with Crippen LogP contribution < -0.4 is 10.6 Å². The molecule has 1 spiro atoms. The maximum atomic E-state index is 12.0. The normalized spacial score (nSPS) is 25.2. The van der Waals surface area contributed by atoms with Crippen LogP contribution in [0.25, 0.3) is 0 Å². The van der Waals surface area contributed by atoms with E-state index in [-0.39, 0.29) is 11.9 Å². The first-order valence-electron chi connectivity index (χ1n) is 10.1. The molecule has 4 nitrogen and oxygen atoms in total. The molecule has 25 heavy (non-hydrogen) atoms. The molecule has 1 atom stereocenters. The van der Waals surface area contributed by atoms with Crippen molar-refractivity contribution in [2.45, 2.75) is 56.4 Å². The van der Waals surface area contributed by atoms with E-state index in [2.05, 4.69) is 39.8 Å².